The highest BCUT2D eigenvalue weighted by molar-refractivity contribution is 7.92. The molecule has 44 heavy (non-hydrogen) atoms. The second-order valence-electron chi connectivity index (χ2n) is 11.2. The molecule has 1 aliphatic rings. The largest absolute Gasteiger partial charge is 0.352 e. The first-order valence-corrected chi connectivity index (χ1v) is 16.7. The topological polar surface area (TPSA) is 86.8 Å². The fourth-order valence-corrected chi connectivity index (χ4v) is 6.51. The molecule has 2 amide bonds. The Morgan fingerprint density at radius 2 is 1.57 bits per heavy atom. The number of anilines is 1. The van der Waals surface area contributed by atoms with E-state index in [2.05, 4.69) is 5.32 Å². The molecule has 0 saturated heterocycles. The molecule has 0 spiro atoms. The van der Waals surface area contributed by atoms with E-state index in [0.717, 1.165) is 66.4 Å². The summed E-state index contributed by atoms with van der Waals surface area (Å²) < 4.78 is 68.2. The zero-order valence-electron chi connectivity index (χ0n) is 24.7. The normalized spacial score (nSPS) is 14.5. The maximum Gasteiger partial charge on any atom is 0.243 e. The molecule has 1 atom stereocenters. The molecule has 3 aromatic rings. The molecule has 11 heteroatoms. The average Bonchev–Trinajstić information content (AvgIpc) is 3.00. The van der Waals surface area contributed by atoms with Crippen molar-refractivity contribution in [2.45, 2.75) is 70.0 Å². The number of hydrogen-bond donors (Lipinski definition) is 1. The van der Waals surface area contributed by atoms with Crippen molar-refractivity contribution in [2.75, 3.05) is 17.1 Å². The average molecular weight is 630 g/mol. The number of hydrogen-bond acceptors (Lipinski definition) is 4. The summed E-state index contributed by atoms with van der Waals surface area (Å²) in [6.07, 6.45) is 5.77. The summed E-state index contributed by atoms with van der Waals surface area (Å²) >= 11 is 0. The molecule has 4 rings (SSSR count). The lowest BCUT2D eigenvalue weighted by molar-refractivity contribution is -0.141. The van der Waals surface area contributed by atoms with Gasteiger partial charge in [0.05, 0.1) is 11.9 Å². The Bertz CT molecular complexity index is 1530. The van der Waals surface area contributed by atoms with Crippen LogP contribution >= 0.6 is 0 Å². The number of nitrogens with zero attached hydrogens (tertiary/aromatic N) is 2. The number of rotatable bonds is 13. The second-order valence-corrected chi connectivity index (χ2v) is 13.1. The monoisotopic (exact) mass is 629 g/mol. The Kier molecular flexibility index (Phi) is 11.4. The summed E-state index contributed by atoms with van der Waals surface area (Å²) in [7, 11) is -3.90. The van der Waals surface area contributed by atoms with Gasteiger partial charge in [-0.2, -0.15) is 0 Å². The molecule has 236 valence electrons. The molecule has 0 heterocycles. The first-order valence-electron chi connectivity index (χ1n) is 14.8. The van der Waals surface area contributed by atoms with Crippen molar-refractivity contribution in [1.29, 1.82) is 0 Å². The molecule has 1 fully saturated rings. The summed E-state index contributed by atoms with van der Waals surface area (Å²) in [5.41, 5.74) is 0.990. The van der Waals surface area contributed by atoms with E-state index >= 15 is 0 Å². The lowest BCUT2D eigenvalue weighted by Crippen LogP contribution is -2.53. The molecule has 1 N–H and O–H groups in total. The fourth-order valence-electron chi connectivity index (χ4n) is 5.55. The van der Waals surface area contributed by atoms with Crippen molar-refractivity contribution in [3.05, 3.63) is 101 Å². The van der Waals surface area contributed by atoms with Gasteiger partial charge in [-0.15, -0.1) is 0 Å². The van der Waals surface area contributed by atoms with Crippen LogP contribution in [0.4, 0.5) is 18.9 Å². The van der Waals surface area contributed by atoms with Gasteiger partial charge in [0.15, 0.2) is 11.6 Å². The summed E-state index contributed by atoms with van der Waals surface area (Å²) in [5.74, 6) is -3.62. The molecule has 0 bridgehead atoms. The van der Waals surface area contributed by atoms with Gasteiger partial charge in [-0.3, -0.25) is 13.9 Å². The minimum atomic E-state index is -3.90. The van der Waals surface area contributed by atoms with Crippen molar-refractivity contribution >= 4 is 27.5 Å². The minimum Gasteiger partial charge on any atom is -0.352 e. The van der Waals surface area contributed by atoms with Crippen molar-refractivity contribution in [3.63, 3.8) is 0 Å². The number of nitrogens with one attached hydrogen (secondary N) is 1. The second kappa shape index (κ2) is 15.2. The predicted molar refractivity (Wildman–Crippen MR) is 164 cm³/mol. The minimum absolute atomic E-state index is 0.0145. The number of carbonyl (C=O) groups excluding carboxylic acids is 2. The highest BCUT2D eigenvalue weighted by Crippen LogP contribution is 2.23. The summed E-state index contributed by atoms with van der Waals surface area (Å²) in [6, 6.07) is 17.1. The van der Waals surface area contributed by atoms with Crippen LogP contribution in [0.5, 0.6) is 0 Å². The molecular weight excluding hydrogens is 591 g/mol. The molecule has 1 aliphatic carbocycles. The Hall–Kier alpha value is -3.86. The number of halogens is 3. The zero-order valence-corrected chi connectivity index (χ0v) is 25.5. The van der Waals surface area contributed by atoms with E-state index < -0.39 is 39.4 Å². The lowest BCUT2D eigenvalue weighted by Gasteiger charge is -2.34. The quantitative estimate of drug-likeness (QED) is 0.261. The van der Waals surface area contributed by atoms with Crippen LogP contribution in [0.2, 0.25) is 0 Å². The molecular formula is C33H38F3N3O4S. The van der Waals surface area contributed by atoms with E-state index in [-0.39, 0.29) is 55.6 Å². The van der Waals surface area contributed by atoms with E-state index in [0.29, 0.717) is 0 Å². The van der Waals surface area contributed by atoms with Crippen LogP contribution < -0.4 is 9.62 Å². The van der Waals surface area contributed by atoms with Gasteiger partial charge >= 0.3 is 0 Å². The standard InChI is InChI=1S/C33H38F3N3O4S/c1-44(42,43)39(27-18-19-29(35)30(36)22-27)20-10-17-32(40)38(23-25-13-8-9-16-28(25)34)31(21-24-11-4-2-5-12-24)33(41)37-26-14-6-3-7-15-26/h2,4-5,8-9,11-13,16,18-19,22,26,31H,3,6-7,10,14-15,17,20-21,23H2,1H3,(H,37,41)/t31-/m0/s1. The van der Waals surface area contributed by atoms with Crippen LogP contribution in [0.3, 0.4) is 0 Å². The SMILES string of the molecule is CS(=O)(=O)N(CCCC(=O)N(Cc1ccccc1F)[C@@H](Cc1ccccc1)C(=O)NC1CCCCC1)c1ccc(F)c(F)c1. The summed E-state index contributed by atoms with van der Waals surface area (Å²) in [5, 5.41) is 3.12. The Morgan fingerprint density at radius 3 is 2.23 bits per heavy atom. The van der Waals surface area contributed by atoms with Crippen molar-refractivity contribution < 1.29 is 31.2 Å². The van der Waals surface area contributed by atoms with E-state index in [4.69, 9.17) is 0 Å². The van der Waals surface area contributed by atoms with Gasteiger partial charge in [-0.05, 0) is 43.0 Å². The molecule has 7 nitrogen and oxygen atoms in total. The van der Waals surface area contributed by atoms with Gasteiger partial charge < -0.3 is 10.2 Å². The summed E-state index contributed by atoms with van der Waals surface area (Å²) in [4.78, 5) is 29.1. The highest BCUT2D eigenvalue weighted by Gasteiger charge is 2.32. The van der Waals surface area contributed by atoms with Crippen LogP contribution in [0.25, 0.3) is 0 Å². The van der Waals surface area contributed by atoms with Crippen LogP contribution in [-0.4, -0.2) is 50.0 Å². The van der Waals surface area contributed by atoms with Gasteiger partial charge in [0.25, 0.3) is 0 Å². The van der Waals surface area contributed by atoms with Crippen LogP contribution in [-0.2, 0) is 32.6 Å². The van der Waals surface area contributed by atoms with Gasteiger partial charge in [-0.1, -0.05) is 67.8 Å². The fraction of sp³-hybridized carbons (Fsp3) is 0.394. The van der Waals surface area contributed by atoms with Gasteiger partial charge in [0.1, 0.15) is 11.9 Å². The zero-order chi connectivity index (χ0) is 31.7. The van der Waals surface area contributed by atoms with Crippen molar-refractivity contribution in [1.82, 2.24) is 10.2 Å². The number of carbonyl (C=O) groups is 2. The first kappa shape index (κ1) is 33.0. The third kappa shape index (κ3) is 9.07. The number of amides is 2. The van der Waals surface area contributed by atoms with Crippen LogP contribution in [0.15, 0.2) is 72.8 Å². The molecule has 0 aliphatic heterocycles. The van der Waals surface area contributed by atoms with Gasteiger partial charge in [0, 0.05) is 43.6 Å². The third-order valence-electron chi connectivity index (χ3n) is 7.86. The van der Waals surface area contributed by atoms with E-state index in [1.807, 2.05) is 30.3 Å². The molecule has 0 aromatic heterocycles. The number of benzene rings is 3. The van der Waals surface area contributed by atoms with Crippen LogP contribution in [0, 0.1) is 17.5 Å². The van der Waals surface area contributed by atoms with Crippen LogP contribution in [0.1, 0.15) is 56.1 Å². The van der Waals surface area contributed by atoms with E-state index in [1.54, 1.807) is 18.2 Å². The predicted octanol–water partition coefficient (Wildman–Crippen LogP) is 5.74. The number of sulfonamides is 1. The maximum absolute atomic E-state index is 14.8. The van der Waals surface area contributed by atoms with Gasteiger partial charge in [0.2, 0.25) is 21.8 Å². The Balaban J connectivity index is 1.60. The Labute approximate surface area is 257 Å². The van der Waals surface area contributed by atoms with E-state index in [9.17, 15) is 31.2 Å². The smallest absolute Gasteiger partial charge is 0.243 e. The van der Waals surface area contributed by atoms with Crippen molar-refractivity contribution in [3.8, 4) is 0 Å². The summed E-state index contributed by atoms with van der Waals surface area (Å²) in [6.45, 7) is -0.360. The Morgan fingerprint density at radius 1 is 0.886 bits per heavy atom. The third-order valence-corrected chi connectivity index (χ3v) is 9.06. The molecule has 0 unspecified atom stereocenters. The molecule has 0 radical (unpaired) electrons. The van der Waals surface area contributed by atoms with E-state index in [1.165, 1.54) is 11.0 Å². The first-order chi connectivity index (χ1) is 21.0. The maximum atomic E-state index is 14.8. The van der Waals surface area contributed by atoms with Gasteiger partial charge in [-0.25, -0.2) is 21.6 Å². The highest BCUT2D eigenvalue weighted by atomic mass is 32.2. The lowest BCUT2D eigenvalue weighted by atomic mass is 9.94. The molecule has 1 saturated carbocycles. The molecule has 3 aromatic carbocycles. The van der Waals surface area contributed by atoms with Crippen molar-refractivity contribution in [2.24, 2.45) is 0 Å².